The first-order valence-electron chi connectivity index (χ1n) is 5.54. The zero-order chi connectivity index (χ0) is 13.7. The van der Waals surface area contributed by atoms with Crippen LogP contribution in [0.1, 0.15) is 25.0 Å². The van der Waals surface area contributed by atoms with Crippen molar-refractivity contribution in [1.82, 2.24) is 5.32 Å². The first-order valence-corrected chi connectivity index (χ1v) is 5.54. The summed E-state index contributed by atoms with van der Waals surface area (Å²) in [6.45, 7) is 5.08. The number of benzene rings is 1. The third-order valence-corrected chi connectivity index (χ3v) is 2.40. The summed E-state index contributed by atoms with van der Waals surface area (Å²) in [4.78, 5) is 21.8. The molecule has 0 radical (unpaired) electrons. The summed E-state index contributed by atoms with van der Waals surface area (Å²) in [7, 11) is 1.50. The Kier molecular flexibility index (Phi) is 4.71. The predicted octanol–water partition coefficient (Wildman–Crippen LogP) is 1.57. The number of hydrogen-bond donors (Lipinski definition) is 1. The molecule has 1 N–H and O–H groups in total. The number of methoxy groups -OCH3 is 1. The highest BCUT2D eigenvalue weighted by atomic mass is 16.6. The maximum atomic E-state index is 11.0. The van der Waals surface area contributed by atoms with Crippen LogP contribution in [0, 0.1) is 6.92 Å². The van der Waals surface area contributed by atoms with E-state index in [4.69, 9.17) is 9.47 Å². The van der Waals surface area contributed by atoms with E-state index in [0.29, 0.717) is 18.0 Å². The number of nitrogens with one attached hydrogen (secondary N) is 1. The van der Waals surface area contributed by atoms with Crippen molar-refractivity contribution in [1.29, 1.82) is 0 Å². The summed E-state index contributed by atoms with van der Waals surface area (Å²) >= 11 is 0. The number of carbonyl (C=O) groups is 2. The standard InChI is InChI=1S/C13H17NO4/c1-8-5-13(18-10(3)16)12(17-4)6-11(8)7-14-9(2)15/h5-6H,7H2,1-4H3,(H,14,15). The normalized spacial score (nSPS) is 9.78. The fourth-order valence-corrected chi connectivity index (χ4v) is 1.51. The van der Waals surface area contributed by atoms with Crippen LogP contribution in [0.4, 0.5) is 0 Å². The molecule has 1 amide bonds. The van der Waals surface area contributed by atoms with Gasteiger partial charge in [-0.15, -0.1) is 0 Å². The Morgan fingerprint density at radius 1 is 1.22 bits per heavy atom. The molecule has 0 saturated heterocycles. The number of ether oxygens (including phenoxy) is 2. The van der Waals surface area contributed by atoms with E-state index in [2.05, 4.69) is 5.32 Å². The number of carbonyl (C=O) groups excluding carboxylic acids is 2. The third kappa shape index (κ3) is 3.76. The molecule has 5 nitrogen and oxygen atoms in total. The average molecular weight is 251 g/mol. The predicted molar refractivity (Wildman–Crippen MR) is 66.6 cm³/mol. The molecule has 1 rings (SSSR count). The van der Waals surface area contributed by atoms with E-state index in [1.165, 1.54) is 21.0 Å². The lowest BCUT2D eigenvalue weighted by Crippen LogP contribution is -2.19. The summed E-state index contributed by atoms with van der Waals surface area (Å²) in [6, 6.07) is 3.47. The molecule has 0 aliphatic carbocycles. The Labute approximate surface area is 106 Å². The topological polar surface area (TPSA) is 64.6 Å². The molecule has 18 heavy (non-hydrogen) atoms. The van der Waals surface area contributed by atoms with Crippen molar-refractivity contribution >= 4 is 11.9 Å². The van der Waals surface area contributed by atoms with Gasteiger partial charge in [-0.1, -0.05) is 0 Å². The highest BCUT2D eigenvalue weighted by Gasteiger charge is 2.11. The van der Waals surface area contributed by atoms with Crippen molar-refractivity contribution in [2.24, 2.45) is 0 Å². The number of amides is 1. The quantitative estimate of drug-likeness (QED) is 0.651. The van der Waals surface area contributed by atoms with E-state index in [1.807, 2.05) is 6.92 Å². The van der Waals surface area contributed by atoms with Crippen molar-refractivity contribution in [2.45, 2.75) is 27.3 Å². The molecule has 0 bridgehead atoms. The minimum Gasteiger partial charge on any atom is -0.493 e. The fraction of sp³-hybridized carbons (Fsp3) is 0.385. The van der Waals surface area contributed by atoms with E-state index in [-0.39, 0.29) is 5.91 Å². The van der Waals surface area contributed by atoms with Gasteiger partial charge < -0.3 is 14.8 Å². The van der Waals surface area contributed by atoms with Gasteiger partial charge in [-0.3, -0.25) is 9.59 Å². The highest BCUT2D eigenvalue weighted by Crippen LogP contribution is 2.30. The highest BCUT2D eigenvalue weighted by molar-refractivity contribution is 5.73. The smallest absolute Gasteiger partial charge is 0.308 e. The molecule has 0 unspecified atom stereocenters. The van der Waals surface area contributed by atoms with E-state index < -0.39 is 5.97 Å². The number of rotatable bonds is 4. The summed E-state index contributed by atoms with van der Waals surface area (Å²) in [5, 5.41) is 2.71. The van der Waals surface area contributed by atoms with Gasteiger partial charge in [0.2, 0.25) is 5.91 Å². The Morgan fingerprint density at radius 3 is 2.39 bits per heavy atom. The Hall–Kier alpha value is -2.04. The van der Waals surface area contributed by atoms with Crippen LogP contribution in [0.5, 0.6) is 11.5 Å². The zero-order valence-corrected chi connectivity index (χ0v) is 11.0. The molecule has 0 heterocycles. The maximum absolute atomic E-state index is 11.0. The zero-order valence-electron chi connectivity index (χ0n) is 11.0. The largest absolute Gasteiger partial charge is 0.493 e. The van der Waals surface area contributed by atoms with Gasteiger partial charge in [0.15, 0.2) is 11.5 Å². The van der Waals surface area contributed by atoms with Gasteiger partial charge >= 0.3 is 5.97 Å². The minimum atomic E-state index is -0.401. The first kappa shape index (κ1) is 14.0. The Bertz CT molecular complexity index is 468. The lowest BCUT2D eigenvalue weighted by molar-refractivity contribution is -0.132. The first-order chi connectivity index (χ1) is 8.43. The molecule has 0 fully saturated rings. The van der Waals surface area contributed by atoms with Crippen LogP contribution < -0.4 is 14.8 Å². The van der Waals surface area contributed by atoms with Crippen LogP contribution in [-0.2, 0) is 16.1 Å². The van der Waals surface area contributed by atoms with Gasteiger partial charge in [-0.05, 0) is 30.2 Å². The lowest BCUT2D eigenvalue weighted by atomic mass is 10.1. The van der Waals surface area contributed by atoms with Crippen LogP contribution in [0.25, 0.3) is 0 Å². The van der Waals surface area contributed by atoms with Gasteiger partial charge in [0.25, 0.3) is 0 Å². The van der Waals surface area contributed by atoms with Gasteiger partial charge in [0.05, 0.1) is 7.11 Å². The molecule has 0 saturated carbocycles. The van der Waals surface area contributed by atoms with Gasteiger partial charge in [-0.2, -0.15) is 0 Å². The fourth-order valence-electron chi connectivity index (χ4n) is 1.51. The molecular weight excluding hydrogens is 234 g/mol. The summed E-state index contributed by atoms with van der Waals surface area (Å²) in [5.41, 5.74) is 1.83. The second-order valence-corrected chi connectivity index (χ2v) is 3.93. The van der Waals surface area contributed by atoms with Crippen molar-refractivity contribution in [2.75, 3.05) is 7.11 Å². The summed E-state index contributed by atoms with van der Waals surface area (Å²) < 4.78 is 10.2. The molecule has 0 aliphatic heterocycles. The molecule has 5 heteroatoms. The molecule has 98 valence electrons. The maximum Gasteiger partial charge on any atom is 0.308 e. The van der Waals surface area contributed by atoms with E-state index in [1.54, 1.807) is 12.1 Å². The molecule has 0 aromatic heterocycles. The number of esters is 1. The molecule has 0 spiro atoms. The van der Waals surface area contributed by atoms with Crippen molar-refractivity contribution < 1.29 is 19.1 Å². The third-order valence-electron chi connectivity index (χ3n) is 2.40. The number of hydrogen-bond acceptors (Lipinski definition) is 4. The van der Waals surface area contributed by atoms with Crippen molar-refractivity contribution in [3.8, 4) is 11.5 Å². The average Bonchev–Trinajstić information content (AvgIpc) is 2.27. The minimum absolute atomic E-state index is 0.0996. The van der Waals surface area contributed by atoms with E-state index in [0.717, 1.165) is 11.1 Å². The van der Waals surface area contributed by atoms with E-state index >= 15 is 0 Å². The Balaban J connectivity index is 3.01. The van der Waals surface area contributed by atoms with Crippen LogP contribution >= 0.6 is 0 Å². The Morgan fingerprint density at radius 2 is 1.89 bits per heavy atom. The molecule has 1 aromatic rings. The van der Waals surface area contributed by atoms with Crippen LogP contribution in [-0.4, -0.2) is 19.0 Å². The molecule has 1 aromatic carbocycles. The van der Waals surface area contributed by atoms with Crippen molar-refractivity contribution in [3.05, 3.63) is 23.3 Å². The molecular formula is C13H17NO4. The number of aryl methyl sites for hydroxylation is 1. The lowest BCUT2D eigenvalue weighted by Gasteiger charge is -2.13. The van der Waals surface area contributed by atoms with Gasteiger partial charge in [0.1, 0.15) is 0 Å². The monoisotopic (exact) mass is 251 g/mol. The second kappa shape index (κ2) is 6.05. The van der Waals surface area contributed by atoms with Crippen LogP contribution in [0.15, 0.2) is 12.1 Å². The SMILES string of the molecule is COc1cc(CNC(C)=O)c(C)cc1OC(C)=O. The molecule has 0 aliphatic rings. The summed E-state index contributed by atoms with van der Waals surface area (Å²) in [5.74, 6) is 0.352. The molecule has 0 atom stereocenters. The van der Waals surface area contributed by atoms with Gasteiger partial charge in [0, 0.05) is 20.4 Å². The summed E-state index contributed by atoms with van der Waals surface area (Å²) in [6.07, 6.45) is 0. The van der Waals surface area contributed by atoms with E-state index in [9.17, 15) is 9.59 Å². The second-order valence-electron chi connectivity index (χ2n) is 3.93. The van der Waals surface area contributed by atoms with Gasteiger partial charge in [-0.25, -0.2) is 0 Å². The van der Waals surface area contributed by atoms with Crippen LogP contribution in [0.3, 0.4) is 0 Å². The van der Waals surface area contributed by atoms with Crippen LogP contribution in [0.2, 0.25) is 0 Å². The van der Waals surface area contributed by atoms with Crippen molar-refractivity contribution in [3.63, 3.8) is 0 Å².